The molecule has 10 amide bonds. The van der Waals surface area contributed by atoms with Crippen LogP contribution in [0.5, 0.6) is 0 Å². The van der Waals surface area contributed by atoms with Gasteiger partial charge in [0.05, 0.1) is 29.6 Å². The number of carboxylic acid groups (broad SMARTS) is 1. The lowest BCUT2D eigenvalue weighted by Gasteiger charge is -2.40. The molecule has 0 saturated carbocycles. The summed E-state index contributed by atoms with van der Waals surface area (Å²) in [7, 11) is 10.4. The minimum absolute atomic E-state index is 0.0109. The summed E-state index contributed by atoms with van der Waals surface area (Å²) >= 11 is 0. The number of esters is 1. The first kappa shape index (κ1) is 88.6. The summed E-state index contributed by atoms with van der Waals surface area (Å²) in [6, 6.07) is 0.858. The Hall–Kier alpha value is -8.62. The molecule has 574 valence electrons. The van der Waals surface area contributed by atoms with Crippen LogP contribution in [0.2, 0.25) is 0 Å². The maximum absolute atomic E-state index is 15.8. The molecule has 1 fully saturated rings. The molecule has 2 aromatic carbocycles. The van der Waals surface area contributed by atoms with Crippen molar-refractivity contribution in [3.8, 4) is 0 Å². The van der Waals surface area contributed by atoms with E-state index in [2.05, 4.69) is 31.5 Å². The highest BCUT2D eigenvalue weighted by Crippen LogP contribution is 2.28. The number of nitrogens with zero attached hydrogens (tertiary/aromatic N) is 9. The number of unbranched alkanes of at least 4 members (excludes halogenated alkanes) is 3. The van der Waals surface area contributed by atoms with Gasteiger partial charge in [0.25, 0.3) is 0 Å². The molecule has 0 aromatic heterocycles. The van der Waals surface area contributed by atoms with Gasteiger partial charge in [-0.2, -0.15) is 10.2 Å². The molecular formula is C76H121N13O14. The second-order valence-corrected chi connectivity index (χ2v) is 27.4. The van der Waals surface area contributed by atoms with Crippen molar-refractivity contribution in [3.63, 3.8) is 0 Å². The molecule has 0 bridgehead atoms. The van der Waals surface area contributed by atoms with E-state index >= 15 is 19.2 Å². The number of rotatable bonds is 27. The Bertz CT molecular complexity index is 3200. The lowest BCUT2D eigenvalue weighted by Crippen LogP contribution is -2.63. The number of hydrogen-bond donors (Lipinski definition) is 5. The van der Waals surface area contributed by atoms with Crippen molar-refractivity contribution < 1.29 is 67.4 Å². The van der Waals surface area contributed by atoms with Crippen molar-refractivity contribution in [1.29, 1.82) is 0 Å². The molecule has 12 unspecified atom stereocenters. The quantitative estimate of drug-likeness (QED) is 0.0318. The van der Waals surface area contributed by atoms with Crippen molar-refractivity contribution in [2.75, 3.05) is 56.0 Å². The van der Waals surface area contributed by atoms with Gasteiger partial charge in [-0.3, -0.25) is 57.6 Å². The van der Waals surface area contributed by atoms with E-state index in [0.29, 0.717) is 81.1 Å². The average molecular weight is 1440 g/mol. The zero-order chi connectivity index (χ0) is 77.4. The molecule has 1 aliphatic heterocycles. The minimum Gasteiger partial charge on any atom is -0.478 e. The molecule has 5 N–H and O–H groups in total. The van der Waals surface area contributed by atoms with Gasteiger partial charge in [-0.1, -0.05) is 144 Å². The van der Waals surface area contributed by atoms with Gasteiger partial charge in [0.1, 0.15) is 60.5 Å². The summed E-state index contributed by atoms with van der Waals surface area (Å²) in [5.74, 6) is -8.58. The Balaban J connectivity index is 2.36. The van der Waals surface area contributed by atoms with Crippen LogP contribution in [-0.2, 0) is 63.9 Å². The van der Waals surface area contributed by atoms with Gasteiger partial charge in [0.15, 0.2) is 0 Å². The molecule has 27 heteroatoms. The van der Waals surface area contributed by atoms with E-state index < -0.39 is 138 Å². The molecule has 1 saturated heterocycles. The summed E-state index contributed by atoms with van der Waals surface area (Å²) < 4.78 is 6.43. The Morgan fingerprint density at radius 1 is 0.534 bits per heavy atom. The third kappa shape index (κ3) is 26.2. The molecule has 0 aliphatic carbocycles. The molecular weight excluding hydrogens is 1320 g/mol. The number of azo groups is 1. The fourth-order valence-electron chi connectivity index (χ4n) is 12.9. The largest absolute Gasteiger partial charge is 0.478 e. The third-order valence-corrected chi connectivity index (χ3v) is 19.1. The number of nitrogens with one attached hydrogen (secondary N) is 4. The van der Waals surface area contributed by atoms with E-state index in [-0.39, 0.29) is 75.9 Å². The van der Waals surface area contributed by atoms with Gasteiger partial charge in [-0.05, 0) is 127 Å². The number of ether oxygens (including phenoxy) is 1. The number of likely N-dealkylation sites (N-methyl/N-ethyl adjacent to an activating group) is 7. The maximum Gasteiger partial charge on any atom is 0.335 e. The number of carbonyl (C=O) groups is 12. The van der Waals surface area contributed by atoms with E-state index in [1.54, 1.807) is 49.2 Å². The van der Waals surface area contributed by atoms with Crippen LogP contribution < -0.4 is 21.3 Å². The number of amides is 10. The van der Waals surface area contributed by atoms with Crippen LogP contribution in [0.3, 0.4) is 0 Å². The van der Waals surface area contributed by atoms with Crippen LogP contribution in [0.15, 0.2) is 70.9 Å². The Kier molecular flexibility index (Phi) is 38.5. The van der Waals surface area contributed by atoms with Gasteiger partial charge >= 0.3 is 11.9 Å². The second-order valence-electron chi connectivity index (χ2n) is 27.4. The van der Waals surface area contributed by atoms with Crippen LogP contribution in [0.4, 0.5) is 11.4 Å². The van der Waals surface area contributed by atoms with Gasteiger partial charge < -0.3 is 60.5 Å². The number of carboxylic acids is 1. The van der Waals surface area contributed by atoms with Crippen LogP contribution in [0.1, 0.15) is 208 Å². The van der Waals surface area contributed by atoms with Crippen molar-refractivity contribution in [1.82, 2.24) is 55.6 Å². The summed E-state index contributed by atoms with van der Waals surface area (Å²) in [5, 5.41) is 29.4. The highest BCUT2D eigenvalue weighted by molar-refractivity contribution is 5.99. The Morgan fingerprint density at radius 2 is 1.02 bits per heavy atom. The predicted molar refractivity (Wildman–Crippen MR) is 395 cm³/mol. The molecule has 12 atom stereocenters. The van der Waals surface area contributed by atoms with E-state index in [4.69, 9.17) is 4.74 Å². The van der Waals surface area contributed by atoms with Gasteiger partial charge in [-0.15, -0.1) is 0 Å². The Morgan fingerprint density at radius 3 is 1.55 bits per heavy atom. The predicted octanol–water partition coefficient (Wildman–Crippen LogP) is 8.47. The van der Waals surface area contributed by atoms with Gasteiger partial charge in [-0.25, -0.2) is 4.79 Å². The SMILES string of the molecule is CC=CC(C)CC(OC(=O)CCc1ccccc1N=Nc1ccc(C(=O)O)cc1)C1C(=O)NC(CC)C(=O)N(C)CN(C)C(CCCC)C(=O)NC(CCC)C(=O)N(C)C(CCCC)C(=O)NC(C)C(=O)NC(C)C(=O)N(C)C(CCC)C(=O)N(C)C(CCCC)C(=O)N(C)C(CCC)C(=O)N1C. The topological polar surface area (TPSA) is 330 Å². The van der Waals surface area contributed by atoms with Crippen molar-refractivity contribution in [2.45, 2.75) is 265 Å². The summed E-state index contributed by atoms with van der Waals surface area (Å²) in [5.41, 5.74) is 1.49. The number of allylic oxidation sites excluding steroid dienone is 2. The number of aromatic carboxylic acids is 1. The van der Waals surface area contributed by atoms with E-state index in [1.807, 2.05) is 61.5 Å². The molecule has 27 nitrogen and oxygen atoms in total. The highest BCUT2D eigenvalue weighted by atomic mass is 16.5. The molecule has 1 heterocycles. The number of aryl methyl sites for hydroxylation is 1. The summed E-state index contributed by atoms with van der Waals surface area (Å²) in [4.78, 5) is 185. The van der Waals surface area contributed by atoms with Gasteiger partial charge in [0, 0.05) is 48.7 Å². The van der Waals surface area contributed by atoms with Crippen molar-refractivity contribution in [3.05, 3.63) is 71.8 Å². The molecule has 0 radical (unpaired) electrons. The maximum atomic E-state index is 15.8. The zero-order valence-corrected chi connectivity index (χ0v) is 64.6. The fourth-order valence-corrected chi connectivity index (χ4v) is 12.9. The van der Waals surface area contributed by atoms with E-state index in [0.717, 1.165) is 4.90 Å². The lowest BCUT2D eigenvalue weighted by atomic mass is 9.95. The molecule has 2 aromatic rings. The standard InChI is InChI=1S/C76H121N13O14/c1-19-27-38-58-67(92)80-57(33-23-5)72(97)85(14)59(39-28-20-2)68(93)77-50(10)66(91)78-51(11)70(95)86(15)60(34-24-6)73(98)88(17)62(40-29-21-3)74(99)87(16)61(35-25-7)75(100)89(18)65(69(94)79-55(26-8)71(96)84(13)48-83(58)12)63(47-49(9)32-22-4)103-64(90)46-43-52-36-30-31-37-56(52)82-81-54-44-41-53(42-45-54)76(101)102/h22,30-32,36-37,41-42,44-45,49-51,55,57-63,65H,19-21,23-29,33-35,38-40,43,46-48H2,1-18H3,(H,77,93)(H,78,91)(H,79,94)(H,80,92)(H,101,102). The lowest BCUT2D eigenvalue weighted by molar-refractivity contribution is -0.162. The molecule has 3 rings (SSSR count). The molecule has 1 aliphatic rings. The van der Waals surface area contributed by atoms with Crippen molar-refractivity contribution in [2.24, 2.45) is 16.1 Å². The first-order valence-electron chi connectivity index (χ1n) is 37.0. The first-order chi connectivity index (χ1) is 48.8. The van der Waals surface area contributed by atoms with Crippen LogP contribution in [0, 0.1) is 5.92 Å². The van der Waals surface area contributed by atoms with Crippen LogP contribution in [-0.4, -0.2) is 233 Å². The normalized spacial score (nSPS) is 23.9. The van der Waals surface area contributed by atoms with E-state index in [1.165, 1.54) is 105 Å². The van der Waals surface area contributed by atoms with Crippen LogP contribution >= 0.6 is 0 Å². The second kappa shape index (κ2) is 44.8. The van der Waals surface area contributed by atoms with E-state index in [9.17, 15) is 43.5 Å². The van der Waals surface area contributed by atoms with Crippen molar-refractivity contribution >= 4 is 82.4 Å². The molecule has 0 spiro atoms. The monoisotopic (exact) mass is 1440 g/mol. The smallest absolute Gasteiger partial charge is 0.335 e. The van der Waals surface area contributed by atoms with Crippen LogP contribution in [0.25, 0.3) is 0 Å². The highest BCUT2D eigenvalue weighted by Gasteiger charge is 2.45. The summed E-state index contributed by atoms with van der Waals surface area (Å²) in [6.45, 7) is 19.5. The minimum atomic E-state index is -1.65. The molecule has 103 heavy (non-hydrogen) atoms. The number of hydrogen-bond acceptors (Lipinski definition) is 16. The Labute approximate surface area is 611 Å². The fraction of sp³-hybridized carbons (Fsp3) is 0.658. The third-order valence-electron chi connectivity index (χ3n) is 19.1. The number of carbonyl (C=O) groups excluding carboxylic acids is 11. The van der Waals surface area contributed by atoms with Gasteiger partial charge in [0.2, 0.25) is 59.1 Å². The zero-order valence-electron chi connectivity index (χ0n) is 64.6. The summed E-state index contributed by atoms with van der Waals surface area (Å²) in [6.07, 6.45) is 8.12. The average Bonchev–Trinajstić information content (AvgIpc) is 0.805. The number of benzene rings is 2. The first-order valence-corrected chi connectivity index (χ1v) is 37.0.